The Balaban J connectivity index is 1.55. The summed E-state index contributed by atoms with van der Waals surface area (Å²) < 4.78 is 10.5. The Kier molecular flexibility index (Phi) is 5.89. The normalized spacial score (nSPS) is 10.6. The number of nitrogens with one attached hydrogen (secondary N) is 1. The maximum absolute atomic E-state index is 12.1. The van der Waals surface area contributed by atoms with Gasteiger partial charge in [0.15, 0.2) is 0 Å². The van der Waals surface area contributed by atoms with E-state index in [2.05, 4.69) is 5.32 Å². The second-order valence-electron chi connectivity index (χ2n) is 6.57. The molecule has 0 fully saturated rings. The summed E-state index contributed by atoms with van der Waals surface area (Å²) in [6.45, 7) is 3.89. The summed E-state index contributed by atoms with van der Waals surface area (Å²) in [5.74, 6) is -0.688. The van der Waals surface area contributed by atoms with E-state index < -0.39 is 11.6 Å². The molecule has 0 aliphatic heterocycles. The van der Waals surface area contributed by atoms with Gasteiger partial charge in [-0.25, -0.2) is 4.79 Å². The van der Waals surface area contributed by atoms with Crippen LogP contribution in [-0.2, 0) is 16.1 Å². The van der Waals surface area contributed by atoms with Gasteiger partial charge in [0.25, 0.3) is 5.91 Å². The molecule has 1 N–H and O–H groups in total. The van der Waals surface area contributed by atoms with Gasteiger partial charge in [-0.05, 0) is 37.1 Å². The van der Waals surface area contributed by atoms with Crippen molar-refractivity contribution in [3.05, 3.63) is 81.2 Å². The standard InChI is InChI=1S/C22H21NO5/c1-14-7-8-18-16(12-21(25)28-19(18)11-14)13-27-20(24)9-10-23-22(26)17-6-4-3-5-15(17)2/h3-8,11-12H,9-10,13H2,1-2H3,(H,23,26). The number of carbonyl (C=O) groups is 2. The van der Waals surface area contributed by atoms with Gasteiger partial charge in [-0.2, -0.15) is 0 Å². The van der Waals surface area contributed by atoms with E-state index in [1.807, 2.05) is 38.1 Å². The Bertz CT molecular complexity index is 1080. The Morgan fingerprint density at radius 3 is 2.64 bits per heavy atom. The highest BCUT2D eigenvalue weighted by molar-refractivity contribution is 5.95. The molecule has 0 aliphatic carbocycles. The minimum Gasteiger partial charge on any atom is -0.461 e. The SMILES string of the molecule is Cc1ccc2c(COC(=O)CCNC(=O)c3ccccc3C)cc(=O)oc2c1. The lowest BCUT2D eigenvalue weighted by Crippen LogP contribution is -2.27. The molecule has 0 atom stereocenters. The molecule has 2 aromatic carbocycles. The maximum Gasteiger partial charge on any atom is 0.336 e. The van der Waals surface area contributed by atoms with Crippen LogP contribution in [0.1, 0.15) is 33.5 Å². The fraction of sp³-hybridized carbons (Fsp3) is 0.227. The second-order valence-corrected chi connectivity index (χ2v) is 6.57. The first-order valence-corrected chi connectivity index (χ1v) is 8.97. The minimum absolute atomic E-state index is 0.0320. The predicted molar refractivity (Wildman–Crippen MR) is 105 cm³/mol. The van der Waals surface area contributed by atoms with Gasteiger partial charge in [0.05, 0.1) is 6.42 Å². The first-order chi connectivity index (χ1) is 13.4. The van der Waals surface area contributed by atoms with E-state index in [1.54, 1.807) is 18.2 Å². The van der Waals surface area contributed by atoms with Gasteiger partial charge < -0.3 is 14.5 Å². The highest BCUT2D eigenvalue weighted by Gasteiger charge is 2.11. The number of aryl methyl sites for hydroxylation is 2. The highest BCUT2D eigenvalue weighted by atomic mass is 16.5. The summed E-state index contributed by atoms with van der Waals surface area (Å²) in [4.78, 5) is 35.8. The molecule has 0 bridgehead atoms. The number of ether oxygens (including phenoxy) is 1. The molecule has 28 heavy (non-hydrogen) atoms. The van der Waals surface area contributed by atoms with Crippen molar-refractivity contribution in [2.24, 2.45) is 0 Å². The molecule has 3 rings (SSSR count). The van der Waals surface area contributed by atoms with Crippen molar-refractivity contribution < 1.29 is 18.7 Å². The molecule has 1 heterocycles. The van der Waals surface area contributed by atoms with Crippen molar-refractivity contribution in [1.82, 2.24) is 5.32 Å². The van der Waals surface area contributed by atoms with Crippen molar-refractivity contribution in [2.75, 3.05) is 6.54 Å². The molecule has 0 aliphatic rings. The van der Waals surface area contributed by atoms with E-state index in [1.165, 1.54) is 6.07 Å². The highest BCUT2D eigenvalue weighted by Crippen LogP contribution is 2.19. The summed E-state index contributed by atoms with van der Waals surface area (Å²) in [6, 6.07) is 14.1. The molecule has 6 heteroatoms. The fourth-order valence-corrected chi connectivity index (χ4v) is 2.89. The van der Waals surface area contributed by atoms with Gasteiger partial charge in [-0.3, -0.25) is 9.59 Å². The third-order valence-electron chi connectivity index (χ3n) is 4.38. The number of amides is 1. The summed E-state index contributed by atoms with van der Waals surface area (Å²) in [7, 11) is 0. The molecular weight excluding hydrogens is 358 g/mol. The van der Waals surface area contributed by atoms with E-state index >= 15 is 0 Å². The van der Waals surface area contributed by atoms with E-state index in [-0.39, 0.29) is 25.5 Å². The van der Waals surface area contributed by atoms with Gasteiger partial charge in [0, 0.05) is 29.1 Å². The largest absolute Gasteiger partial charge is 0.461 e. The molecule has 0 saturated carbocycles. The molecule has 0 radical (unpaired) electrons. The van der Waals surface area contributed by atoms with E-state index in [0.29, 0.717) is 16.7 Å². The van der Waals surface area contributed by atoms with Crippen molar-refractivity contribution in [3.63, 3.8) is 0 Å². The van der Waals surface area contributed by atoms with E-state index in [0.717, 1.165) is 16.5 Å². The monoisotopic (exact) mass is 379 g/mol. The van der Waals surface area contributed by atoms with Crippen LogP contribution < -0.4 is 10.9 Å². The lowest BCUT2D eigenvalue weighted by Gasteiger charge is -2.09. The molecule has 0 saturated heterocycles. The van der Waals surface area contributed by atoms with Gasteiger partial charge >= 0.3 is 11.6 Å². The van der Waals surface area contributed by atoms with Gasteiger partial charge in [-0.15, -0.1) is 0 Å². The summed E-state index contributed by atoms with van der Waals surface area (Å²) in [5, 5.41) is 3.44. The zero-order chi connectivity index (χ0) is 20.1. The van der Waals surface area contributed by atoms with Crippen LogP contribution in [0.3, 0.4) is 0 Å². The summed E-state index contributed by atoms with van der Waals surface area (Å²) in [5.41, 5.74) is 2.97. The average Bonchev–Trinajstić information content (AvgIpc) is 2.65. The van der Waals surface area contributed by atoms with Gasteiger partial charge in [0.1, 0.15) is 12.2 Å². The van der Waals surface area contributed by atoms with Crippen LogP contribution in [0.4, 0.5) is 0 Å². The molecule has 6 nitrogen and oxygen atoms in total. The topological polar surface area (TPSA) is 85.6 Å². The number of benzene rings is 2. The second kappa shape index (κ2) is 8.52. The molecule has 1 amide bonds. The molecule has 1 aromatic heterocycles. The van der Waals surface area contributed by atoms with Crippen LogP contribution in [0.25, 0.3) is 11.0 Å². The van der Waals surface area contributed by atoms with Crippen molar-refractivity contribution >= 4 is 22.8 Å². The number of rotatable bonds is 6. The van der Waals surface area contributed by atoms with Crippen LogP contribution in [0, 0.1) is 13.8 Å². The molecule has 0 unspecified atom stereocenters. The average molecular weight is 379 g/mol. The molecular formula is C22H21NO5. The smallest absolute Gasteiger partial charge is 0.336 e. The minimum atomic E-state index is -0.491. The van der Waals surface area contributed by atoms with Crippen LogP contribution in [0.15, 0.2) is 57.7 Å². The van der Waals surface area contributed by atoms with Crippen molar-refractivity contribution in [1.29, 1.82) is 0 Å². The van der Waals surface area contributed by atoms with Crippen molar-refractivity contribution in [3.8, 4) is 0 Å². The summed E-state index contributed by atoms with van der Waals surface area (Å²) in [6.07, 6.45) is 0.0378. The molecule has 0 spiro atoms. The molecule has 144 valence electrons. The third kappa shape index (κ3) is 4.65. The lowest BCUT2D eigenvalue weighted by atomic mass is 10.1. The number of carbonyl (C=O) groups excluding carboxylic acids is 2. The molecule has 3 aromatic rings. The van der Waals surface area contributed by atoms with Crippen molar-refractivity contribution in [2.45, 2.75) is 26.9 Å². The Hall–Kier alpha value is -3.41. The number of hydrogen-bond donors (Lipinski definition) is 1. The van der Waals surface area contributed by atoms with Crippen LogP contribution in [-0.4, -0.2) is 18.4 Å². The maximum atomic E-state index is 12.1. The predicted octanol–water partition coefficient (Wildman–Crippen LogP) is 3.27. The van der Waals surface area contributed by atoms with E-state index in [9.17, 15) is 14.4 Å². The fourth-order valence-electron chi connectivity index (χ4n) is 2.89. The van der Waals surface area contributed by atoms with Gasteiger partial charge in [0.2, 0.25) is 0 Å². The van der Waals surface area contributed by atoms with Gasteiger partial charge in [-0.1, -0.05) is 30.3 Å². The third-order valence-corrected chi connectivity index (χ3v) is 4.38. The Morgan fingerprint density at radius 1 is 1.07 bits per heavy atom. The Morgan fingerprint density at radius 2 is 1.86 bits per heavy atom. The number of hydrogen-bond acceptors (Lipinski definition) is 5. The number of esters is 1. The van der Waals surface area contributed by atoms with Crippen LogP contribution in [0.5, 0.6) is 0 Å². The summed E-state index contributed by atoms with van der Waals surface area (Å²) >= 11 is 0. The van der Waals surface area contributed by atoms with E-state index in [4.69, 9.17) is 9.15 Å². The zero-order valence-electron chi connectivity index (χ0n) is 15.8. The first-order valence-electron chi connectivity index (χ1n) is 8.97. The number of fused-ring (bicyclic) bond motifs is 1. The quantitative estimate of drug-likeness (QED) is 0.525. The Labute approximate surface area is 162 Å². The zero-order valence-corrected chi connectivity index (χ0v) is 15.8. The van der Waals surface area contributed by atoms with Crippen LogP contribution >= 0.6 is 0 Å². The lowest BCUT2D eigenvalue weighted by molar-refractivity contribution is -0.144. The first kappa shape index (κ1) is 19.4. The van der Waals surface area contributed by atoms with Crippen LogP contribution in [0.2, 0.25) is 0 Å².